The van der Waals surface area contributed by atoms with Gasteiger partial charge in [-0.2, -0.15) is 0 Å². The summed E-state index contributed by atoms with van der Waals surface area (Å²) in [7, 11) is 0. The number of rotatable bonds is 7. The highest BCUT2D eigenvalue weighted by Crippen LogP contribution is 2.20. The van der Waals surface area contributed by atoms with Gasteiger partial charge in [0.05, 0.1) is 0 Å². The third kappa shape index (κ3) is 5.14. The molecule has 1 aromatic carbocycles. The summed E-state index contributed by atoms with van der Waals surface area (Å²) in [5.74, 6) is 0.380. The minimum atomic E-state index is -0.640. The quantitative estimate of drug-likeness (QED) is 0.559. The molecule has 4 heteroatoms. The predicted octanol–water partition coefficient (Wildman–Crippen LogP) is 3.37. The van der Waals surface area contributed by atoms with Gasteiger partial charge in [0.15, 0.2) is 0 Å². The van der Waals surface area contributed by atoms with Gasteiger partial charge in [0, 0.05) is 12.0 Å². The van der Waals surface area contributed by atoms with Crippen molar-refractivity contribution in [3.05, 3.63) is 36.4 Å². The zero-order valence-electron chi connectivity index (χ0n) is 11.6. The zero-order chi connectivity index (χ0) is 14.3. The van der Waals surface area contributed by atoms with Crippen LogP contribution >= 0.6 is 0 Å². The second-order valence-electron chi connectivity index (χ2n) is 3.97. The van der Waals surface area contributed by atoms with Crippen LogP contribution in [0.4, 0.5) is 0 Å². The Kier molecular flexibility index (Phi) is 6.09. The molecule has 1 rings (SSSR count). The summed E-state index contributed by atoms with van der Waals surface area (Å²) in [6.07, 6.45) is 0.865. The maximum absolute atomic E-state index is 11.1. The Morgan fingerprint density at radius 3 is 2.63 bits per heavy atom. The van der Waals surface area contributed by atoms with Crippen LogP contribution in [0.15, 0.2) is 30.8 Å². The molecule has 104 valence electrons. The summed E-state index contributed by atoms with van der Waals surface area (Å²) >= 11 is 0. The molecule has 4 nitrogen and oxygen atoms in total. The Hall–Kier alpha value is -1.81. The average molecular weight is 264 g/mol. The number of hydrogen-bond donors (Lipinski definition) is 0. The molecule has 0 fully saturated rings. The number of hydrogen-bond acceptors (Lipinski definition) is 4. The molecule has 0 amide bonds. The second kappa shape index (κ2) is 7.59. The smallest absolute Gasteiger partial charge is 0.307 e. The van der Waals surface area contributed by atoms with Gasteiger partial charge in [-0.25, -0.2) is 0 Å². The topological polar surface area (TPSA) is 44.8 Å². The molecule has 0 heterocycles. The van der Waals surface area contributed by atoms with E-state index in [2.05, 4.69) is 6.58 Å². The van der Waals surface area contributed by atoms with Gasteiger partial charge in [0.25, 0.3) is 0 Å². The lowest BCUT2D eigenvalue weighted by Crippen LogP contribution is -2.26. The molecule has 2 atom stereocenters. The van der Waals surface area contributed by atoms with Crippen molar-refractivity contribution in [1.82, 2.24) is 0 Å². The summed E-state index contributed by atoms with van der Waals surface area (Å²) in [4.78, 5) is 11.1. The lowest BCUT2D eigenvalue weighted by Gasteiger charge is -2.21. The Bertz CT molecular complexity index is 428. The van der Waals surface area contributed by atoms with Crippen LogP contribution < -0.4 is 4.74 Å². The highest BCUT2D eigenvalue weighted by atomic mass is 16.8. The van der Waals surface area contributed by atoms with E-state index >= 15 is 0 Å². The zero-order valence-corrected chi connectivity index (χ0v) is 11.6. The van der Waals surface area contributed by atoms with E-state index in [9.17, 15) is 4.79 Å². The van der Waals surface area contributed by atoms with E-state index in [1.807, 2.05) is 24.3 Å². The highest BCUT2D eigenvalue weighted by Gasteiger charge is 2.14. The molecule has 0 bridgehead atoms. The van der Waals surface area contributed by atoms with E-state index in [1.54, 1.807) is 26.8 Å². The summed E-state index contributed by atoms with van der Waals surface area (Å²) < 4.78 is 16.1. The third-order valence-electron chi connectivity index (χ3n) is 2.40. The van der Waals surface area contributed by atoms with Crippen molar-refractivity contribution >= 4 is 12.0 Å². The van der Waals surface area contributed by atoms with Gasteiger partial charge in [0.2, 0.25) is 12.6 Å². The molecule has 2 unspecified atom stereocenters. The molecule has 0 saturated heterocycles. The van der Waals surface area contributed by atoms with E-state index < -0.39 is 12.6 Å². The minimum Gasteiger partial charge on any atom is -0.464 e. The fourth-order valence-electron chi connectivity index (χ4n) is 1.53. The molecule has 0 aliphatic heterocycles. The fraction of sp³-hybridized carbons (Fsp3) is 0.400. The van der Waals surface area contributed by atoms with Crippen LogP contribution in [0, 0.1) is 0 Å². The van der Waals surface area contributed by atoms with Crippen molar-refractivity contribution in [1.29, 1.82) is 0 Å². The monoisotopic (exact) mass is 264 g/mol. The Labute approximate surface area is 114 Å². The van der Waals surface area contributed by atoms with Crippen LogP contribution in [-0.4, -0.2) is 18.5 Å². The average Bonchev–Trinajstić information content (AvgIpc) is 2.38. The van der Waals surface area contributed by atoms with E-state index in [1.165, 1.54) is 0 Å². The van der Waals surface area contributed by atoms with Gasteiger partial charge in [-0.3, -0.25) is 4.79 Å². The number of carbonyl (C=O) groups excluding carboxylic acids is 1. The van der Waals surface area contributed by atoms with E-state index in [0.29, 0.717) is 12.2 Å². The molecule has 0 radical (unpaired) electrons. The molecule has 0 saturated carbocycles. The Morgan fingerprint density at radius 2 is 2.00 bits per heavy atom. The molecule has 19 heavy (non-hydrogen) atoms. The van der Waals surface area contributed by atoms with E-state index in [-0.39, 0.29) is 5.97 Å². The first-order valence-corrected chi connectivity index (χ1v) is 6.29. The van der Waals surface area contributed by atoms with Crippen LogP contribution in [0.5, 0.6) is 5.75 Å². The SMILES string of the molecule is C=Cc1ccccc1OC(C)OC(C)OC(=O)CC. The molecule has 0 aliphatic carbocycles. The summed E-state index contributed by atoms with van der Waals surface area (Å²) in [6, 6.07) is 7.51. The van der Waals surface area contributed by atoms with Gasteiger partial charge < -0.3 is 14.2 Å². The molecular formula is C15H20O4. The number of para-hydroxylation sites is 1. The van der Waals surface area contributed by atoms with Crippen LogP contribution in [0.3, 0.4) is 0 Å². The standard InChI is InChI=1S/C15H20O4/c1-5-13-9-7-8-10-14(13)18-11(3)17-12(4)19-15(16)6-2/h5,7-12H,1,6H2,2-4H3. The van der Waals surface area contributed by atoms with Crippen LogP contribution in [0.2, 0.25) is 0 Å². The highest BCUT2D eigenvalue weighted by molar-refractivity contribution is 5.68. The van der Waals surface area contributed by atoms with Crippen molar-refractivity contribution in [3.63, 3.8) is 0 Å². The molecule has 1 aromatic rings. The largest absolute Gasteiger partial charge is 0.464 e. The maximum atomic E-state index is 11.1. The Balaban J connectivity index is 2.52. The van der Waals surface area contributed by atoms with Crippen molar-refractivity contribution in [3.8, 4) is 5.75 Å². The van der Waals surface area contributed by atoms with Gasteiger partial charge in [-0.15, -0.1) is 0 Å². The normalized spacial score (nSPS) is 13.4. The van der Waals surface area contributed by atoms with Gasteiger partial charge in [0.1, 0.15) is 5.75 Å². The van der Waals surface area contributed by atoms with Crippen molar-refractivity contribution < 1.29 is 19.0 Å². The summed E-state index contributed by atoms with van der Waals surface area (Å²) in [5, 5.41) is 0. The van der Waals surface area contributed by atoms with Gasteiger partial charge in [-0.05, 0) is 19.9 Å². The maximum Gasteiger partial charge on any atom is 0.307 e. The number of ether oxygens (including phenoxy) is 3. The molecule has 0 aromatic heterocycles. The lowest BCUT2D eigenvalue weighted by atomic mass is 10.2. The van der Waals surface area contributed by atoms with Crippen molar-refractivity contribution in [2.75, 3.05) is 0 Å². The molecule has 0 aliphatic rings. The number of carbonyl (C=O) groups is 1. The first kappa shape index (κ1) is 15.2. The molecule has 0 spiro atoms. The third-order valence-corrected chi connectivity index (χ3v) is 2.40. The first-order chi connectivity index (χ1) is 9.06. The first-order valence-electron chi connectivity index (χ1n) is 6.29. The second-order valence-corrected chi connectivity index (χ2v) is 3.97. The summed E-state index contributed by atoms with van der Waals surface area (Å²) in [5.41, 5.74) is 0.885. The van der Waals surface area contributed by atoms with Crippen LogP contribution in [0.25, 0.3) is 6.08 Å². The van der Waals surface area contributed by atoms with E-state index in [0.717, 1.165) is 5.56 Å². The molecule has 0 N–H and O–H groups in total. The Morgan fingerprint density at radius 1 is 1.32 bits per heavy atom. The minimum absolute atomic E-state index is 0.300. The van der Waals surface area contributed by atoms with Crippen LogP contribution in [0.1, 0.15) is 32.8 Å². The van der Waals surface area contributed by atoms with Crippen LogP contribution in [-0.2, 0) is 14.3 Å². The number of benzene rings is 1. The summed E-state index contributed by atoms with van der Waals surface area (Å²) in [6.45, 7) is 8.86. The predicted molar refractivity (Wildman–Crippen MR) is 73.6 cm³/mol. The van der Waals surface area contributed by atoms with Gasteiger partial charge in [-0.1, -0.05) is 37.8 Å². The molecular weight excluding hydrogens is 244 g/mol. The fourth-order valence-corrected chi connectivity index (χ4v) is 1.53. The van der Waals surface area contributed by atoms with E-state index in [4.69, 9.17) is 14.2 Å². The van der Waals surface area contributed by atoms with Crippen molar-refractivity contribution in [2.24, 2.45) is 0 Å². The number of esters is 1. The van der Waals surface area contributed by atoms with Crippen molar-refractivity contribution in [2.45, 2.75) is 39.8 Å². The van der Waals surface area contributed by atoms with Gasteiger partial charge >= 0.3 is 5.97 Å². The lowest BCUT2D eigenvalue weighted by molar-refractivity contribution is -0.208.